The quantitative estimate of drug-likeness (QED) is 0.118. The first-order chi connectivity index (χ1) is 24.6. The molecule has 18 heteroatoms. The lowest BCUT2D eigenvalue weighted by Crippen LogP contribution is -2.40. The number of benzene rings is 2. The molecular weight excluding hydrogens is 687 g/mol. The zero-order chi connectivity index (χ0) is 36.5. The van der Waals surface area contributed by atoms with E-state index < -0.39 is 35.9 Å². The van der Waals surface area contributed by atoms with Gasteiger partial charge >= 0.3 is 12.1 Å². The number of amides is 2. The van der Waals surface area contributed by atoms with Gasteiger partial charge in [-0.1, -0.05) is 24.4 Å². The second-order valence-electron chi connectivity index (χ2n) is 11.4. The molecule has 3 heterocycles. The summed E-state index contributed by atoms with van der Waals surface area (Å²) in [5.41, 5.74) is 4.72. The van der Waals surface area contributed by atoms with Gasteiger partial charge in [0.25, 0.3) is 0 Å². The van der Waals surface area contributed by atoms with Crippen LogP contribution < -0.4 is 26.5 Å². The average molecular weight is 723 g/mol. The number of hydrogen-bond donors (Lipinski definition) is 5. The van der Waals surface area contributed by atoms with Gasteiger partial charge in [-0.05, 0) is 49.2 Å². The third-order valence-corrected chi connectivity index (χ3v) is 8.32. The Labute approximate surface area is 297 Å². The molecule has 2 aliphatic heterocycles. The summed E-state index contributed by atoms with van der Waals surface area (Å²) in [6.45, 7) is 0.274. The van der Waals surface area contributed by atoms with Crippen molar-refractivity contribution in [3.63, 3.8) is 0 Å². The molecule has 0 saturated carbocycles. The summed E-state index contributed by atoms with van der Waals surface area (Å²) in [5.74, 6) is -1.47. The van der Waals surface area contributed by atoms with Gasteiger partial charge in [-0.2, -0.15) is 10.4 Å². The second kappa shape index (κ2) is 16.8. The number of nitriles is 1. The second-order valence-corrected chi connectivity index (χ2v) is 11.8. The molecule has 268 valence electrons. The Hall–Kier alpha value is -5.70. The van der Waals surface area contributed by atoms with E-state index in [0.717, 1.165) is 0 Å². The van der Waals surface area contributed by atoms with Gasteiger partial charge in [0.15, 0.2) is 11.5 Å². The van der Waals surface area contributed by atoms with Crippen LogP contribution in [0.4, 0.5) is 26.2 Å². The van der Waals surface area contributed by atoms with E-state index in [1.54, 1.807) is 36.3 Å². The number of H-pyrrole nitrogens is 1. The number of nitrogens with one attached hydrogen (secondary N) is 5. The van der Waals surface area contributed by atoms with Gasteiger partial charge in [0, 0.05) is 42.7 Å². The van der Waals surface area contributed by atoms with Crippen LogP contribution in [0.25, 0.3) is 17.3 Å². The van der Waals surface area contributed by atoms with E-state index in [2.05, 4.69) is 42.6 Å². The fourth-order valence-electron chi connectivity index (χ4n) is 5.52. The molecular formula is C33H36ClFN10O6. The Morgan fingerprint density at radius 3 is 2.71 bits per heavy atom. The van der Waals surface area contributed by atoms with Crippen molar-refractivity contribution in [3.8, 4) is 17.3 Å². The highest BCUT2D eigenvalue weighted by atomic mass is 35.5. The van der Waals surface area contributed by atoms with Gasteiger partial charge in [0.1, 0.15) is 30.9 Å². The fourth-order valence-corrected chi connectivity index (χ4v) is 5.69. The molecule has 5 rings (SSSR count). The number of halogens is 2. The van der Waals surface area contributed by atoms with Crippen LogP contribution in [-0.2, 0) is 23.8 Å². The van der Waals surface area contributed by atoms with Gasteiger partial charge in [0.2, 0.25) is 5.91 Å². The first kappa shape index (κ1) is 36.6. The van der Waals surface area contributed by atoms with Crippen molar-refractivity contribution >= 4 is 59.0 Å². The summed E-state index contributed by atoms with van der Waals surface area (Å²) in [5, 5.41) is 25.7. The van der Waals surface area contributed by atoms with Crippen molar-refractivity contribution in [1.29, 1.82) is 5.26 Å². The van der Waals surface area contributed by atoms with Gasteiger partial charge in [0.05, 0.1) is 36.2 Å². The predicted molar refractivity (Wildman–Crippen MR) is 187 cm³/mol. The molecule has 2 aromatic carbocycles. The predicted octanol–water partition coefficient (Wildman–Crippen LogP) is 4.45. The molecule has 0 spiro atoms. The maximum Gasteiger partial charge on any atom is 0.411 e. The smallest absolute Gasteiger partial charge is 0.411 e. The lowest BCUT2D eigenvalue weighted by molar-refractivity contribution is -0.141. The number of anilines is 3. The molecule has 0 saturated heterocycles. The fraction of sp³-hybridized carbons (Fsp3) is 0.333. The number of hydrazone groups is 1. The minimum absolute atomic E-state index is 0.0343. The summed E-state index contributed by atoms with van der Waals surface area (Å²) in [6.07, 6.45) is 5.09. The Kier molecular flexibility index (Phi) is 12.1. The summed E-state index contributed by atoms with van der Waals surface area (Å²) < 4.78 is 30.3. The van der Waals surface area contributed by atoms with E-state index in [9.17, 15) is 19.6 Å². The Morgan fingerprint density at radius 2 is 1.98 bits per heavy atom. The number of rotatable bonds is 9. The molecule has 2 aliphatic rings. The minimum atomic E-state index is -0.780. The number of fused-ring (bicyclic) bond motifs is 4. The number of carbonyl (C=O) groups is 3. The molecule has 3 aromatic rings. The van der Waals surface area contributed by atoms with Crippen molar-refractivity contribution < 1.29 is 33.0 Å². The number of carbonyl (C=O) groups excluding carboxylic acids is 3. The van der Waals surface area contributed by atoms with Gasteiger partial charge < -0.3 is 29.8 Å². The Balaban J connectivity index is 1.46. The van der Waals surface area contributed by atoms with Crippen LogP contribution in [-0.4, -0.2) is 79.9 Å². The molecule has 51 heavy (non-hydrogen) atoms. The maximum absolute atomic E-state index is 15.2. The van der Waals surface area contributed by atoms with E-state index in [1.807, 2.05) is 0 Å². The zero-order valence-electron chi connectivity index (χ0n) is 28.0. The molecule has 0 aliphatic carbocycles. The monoisotopic (exact) mass is 722 g/mol. The number of aromatic amines is 1. The summed E-state index contributed by atoms with van der Waals surface area (Å²) in [6, 6.07) is 8.49. The molecule has 5 N–H and O–H groups in total. The molecule has 16 nitrogen and oxygen atoms in total. The lowest BCUT2D eigenvalue weighted by Gasteiger charge is -2.24. The Bertz CT molecular complexity index is 1880. The van der Waals surface area contributed by atoms with Crippen molar-refractivity contribution in [3.05, 3.63) is 64.3 Å². The summed E-state index contributed by atoms with van der Waals surface area (Å²) in [4.78, 5) is 46.3. The van der Waals surface area contributed by atoms with Gasteiger partial charge in [-0.25, -0.2) is 29.5 Å². The van der Waals surface area contributed by atoms with Crippen molar-refractivity contribution in [2.45, 2.75) is 37.8 Å². The molecule has 1 aromatic heterocycles. The van der Waals surface area contributed by atoms with Crippen LogP contribution in [0.3, 0.4) is 0 Å². The SMILES string of the molecule is COCCOC(=O)Nc1ccc2c(c1)N[C@@H](C(=O)OC)CCCC[C@H](NC(=O)/C=C/c1c(N3C=NNN3C)ccc(Cl)c1F)c1nc(C#N)c-2[nH]1. The number of nitrogens with zero attached hydrogens (tertiary/aromatic N) is 5. The van der Waals surface area contributed by atoms with Crippen molar-refractivity contribution in [2.24, 2.45) is 5.10 Å². The van der Waals surface area contributed by atoms with Crippen LogP contribution in [0.1, 0.15) is 48.8 Å². The molecule has 0 unspecified atom stereocenters. The van der Waals surface area contributed by atoms with Crippen LogP contribution in [0.2, 0.25) is 5.02 Å². The number of imidazole rings is 1. The van der Waals surface area contributed by atoms with E-state index in [-0.39, 0.29) is 29.5 Å². The molecule has 0 fully saturated rings. The van der Waals surface area contributed by atoms with Crippen LogP contribution in [0, 0.1) is 17.1 Å². The minimum Gasteiger partial charge on any atom is -0.467 e. The van der Waals surface area contributed by atoms with Crippen LogP contribution in [0.15, 0.2) is 41.5 Å². The standard InChI is InChI=1S/C33H36ClFN10O6/c1-44-43-37-18-45(44)27-12-11-22(34)29(35)21(27)10-13-28(46)40-23-6-4-5-7-24(32(47)50-3)39-25-16-19(38-33(48)51-15-14-49-2)8-9-20(25)30-26(17-36)41-31(23)42-30/h8-13,16,18,23-24,39,43H,4-7,14-15H2,1-3H3,(H,38,48)(H,40,46)(H,41,42)/b13-10+/t23-,24+/m0/s1. The summed E-state index contributed by atoms with van der Waals surface area (Å²) in [7, 11) is 4.45. The third-order valence-electron chi connectivity index (χ3n) is 8.03. The lowest BCUT2D eigenvalue weighted by atomic mass is 10.0. The maximum atomic E-state index is 15.2. The number of hydrazine groups is 2. The first-order valence-electron chi connectivity index (χ1n) is 15.8. The molecule has 2 atom stereocenters. The van der Waals surface area contributed by atoms with E-state index >= 15 is 4.39 Å². The van der Waals surface area contributed by atoms with Gasteiger partial charge in [-0.15, -0.1) is 5.12 Å². The van der Waals surface area contributed by atoms with E-state index in [0.29, 0.717) is 59.8 Å². The largest absolute Gasteiger partial charge is 0.467 e. The highest BCUT2D eigenvalue weighted by Crippen LogP contribution is 2.35. The number of methoxy groups -OCH3 is 2. The normalized spacial score (nSPS) is 17.3. The van der Waals surface area contributed by atoms with Crippen LogP contribution in [0.5, 0.6) is 0 Å². The summed E-state index contributed by atoms with van der Waals surface area (Å²) >= 11 is 6.08. The topological polar surface area (TPSA) is 198 Å². The first-order valence-corrected chi connectivity index (χ1v) is 16.2. The van der Waals surface area contributed by atoms with E-state index in [1.165, 1.54) is 43.9 Å². The average Bonchev–Trinajstić information content (AvgIpc) is 3.75. The van der Waals surface area contributed by atoms with Crippen molar-refractivity contribution in [2.75, 3.05) is 50.1 Å². The zero-order valence-corrected chi connectivity index (χ0v) is 28.7. The number of hydrogen-bond acceptors (Lipinski definition) is 13. The van der Waals surface area contributed by atoms with Crippen LogP contribution >= 0.6 is 11.6 Å². The highest BCUT2D eigenvalue weighted by molar-refractivity contribution is 6.31. The van der Waals surface area contributed by atoms with E-state index in [4.69, 9.17) is 25.8 Å². The number of ether oxygens (including phenoxy) is 3. The van der Waals surface area contributed by atoms with Gasteiger partial charge in [-0.3, -0.25) is 10.1 Å². The number of esters is 1. The molecule has 0 radical (unpaired) electrons. The third kappa shape index (κ3) is 8.73. The highest BCUT2D eigenvalue weighted by Gasteiger charge is 2.27. The molecule has 2 amide bonds. The molecule has 2 bridgehead atoms. The van der Waals surface area contributed by atoms with Crippen molar-refractivity contribution in [1.82, 2.24) is 25.9 Å². The Morgan fingerprint density at radius 1 is 1.18 bits per heavy atom. The number of aromatic nitrogens is 2.